The Morgan fingerprint density at radius 3 is 2.56 bits per heavy atom. The molecule has 1 heterocycles. The molecule has 16 heavy (non-hydrogen) atoms. The highest BCUT2D eigenvalue weighted by Gasteiger charge is 2.09. The molecule has 86 valence electrons. The largest absolute Gasteiger partial charge is 0.355 e. The standard InChI is InChI=1S/C12H18N4/c1-4-10(3)9-16(5-2)12-8-14-11(6-13)7-15-12/h7-8,10H,4-5,9H2,1-3H3. The Morgan fingerprint density at radius 1 is 1.38 bits per heavy atom. The smallest absolute Gasteiger partial charge is 0.158 e. The Kier molecular flexibility index (Phi) is 4.71. The molecule has 0 radical (unpaired) electrons. The Balaban J connectivity index is 2.75. The van der Waals surface area contributed by atoms with Crippen molar-refractivity contribution in [2.75, 3.05) is 18.0 Å². The molecule has 1 aromatic heterocycles. The van der Waals surface area contributed by atoms with Crippen LogP contribution in [-0.4, -0.2) is 23.1 Å². The number of hydrogen-bond acceptors (Lipinski definition) is 4. The van der Waals surface area contributed by atoms with Crippen molar-refractivity contribution in [1.82, 2.24) is 9.97 Å². The maximum Gasteiger partial charge on any atom is 0.158 e. The summed E-state index contributed by atoms with van der Waals surface area (Å²) in [6, 6.07) is 1.97. The van der Waals surface area contributed by atoms with Crippen molar-refractivity contribution in [2.45, 2.75) is 27.2 Å². The molecule has 0 N–H and O–H groups in total. The third kappa shape index (κ3) is 3.20. The lowest BCUT2D eigenvalue weighted by atomic mass is 10.1. The number of rotatable bonds is 5. The van der Waals surface area contributed by atoms with E-state index >= 15 is 0 Å². The second-order valence-corrected chi connectivity index (χ2v) is 3.92. The predicted octanol–water partition coefficient (Wildman–Crippen LogP) is 2.22. The molecule has 4 nitrogen and oxygen atoms in total. The first-order valence-corrected chi connectivity index (χ1v) is 5.68. The summed E-state index contributed by atoms with van der Waals surface area (Å²) in [7, 11) is 0. The highest BCUT2D eigenvalue weighted by molar-refractivity contribution is 5.36. The van der Waals surface area contributed by atoms with Gasteiger partial charge in [-0.05, 0) is 12.8 Å². The minimum atomic E-state index is 0.364. The van der Waals surface area contributed by atoms with Crippen LogP contribution in [0.4, 0.5) is 5.82 Å². The van der Waals surface area contributed by atoms with Gasteiger partial charge >= 0.3 is 0 Å². The fourth-order valence-corrected chi connectivity index (χ4v) is 1.43. The second-order valence-electron chi connectivity index (χ2n) is 3.92. The highest BCUT2D eigenvalue weighted by atomic mass is 15.2. The van der Waals surface area contributed by atoms with Crippen molar-refractivity contribution in [2.24, 2.45) is 5.92 Å². The van der Waals surface area contributed by atoms with Crippen LogP contribution in [0.5, 0.6) is 0 Å². The van der Waals surface area contributed by atoms with E-state index in [4.69, 9.17) is 5.26 Å². The normalized spacial score (nSPS) is 11.9. The summed E-state index contributed by atoms with van der Waals surface area (Å²) in [5, 5.41) is 8.64. The van der Waals surface area contributed by atoms with Crippen LogP contribution in [0, 0.1) is 17.2 Å². The van der Waals surface area contributed by atoms with Crippen molar-refractivity contribution in [3.05, 3.63) is 18.1 Å². The fraction of sp³-hybridized carbons (Fsp3) is 0.583. The quantitative estimate of drug-likeness (QED) is 0.760. The van der Waals surface area contributed by atoms with Crippen LogP contribution in [0.1, 0.15) is 32.9 Å². The minimum absolute atomic E-state index is 0.364. The van der Waals surface area contributed by atoms with E-state index in [9.17, 15) is 0 Å². The van der Waals surface area contributed by atoms with Crippen LogP contribution in [0.2, 0.25) is 0 Å². The Morgan fingerprint density at radius 2 is 2.12 bits per heavy atom. The van der Waals surface area contributed by atoms with Gasteiger partial charge in [0.1, 0.15) is 11.9 Å². The summed E-state index contributed by atoms with van der Waals surface area (Å²) in [4.78, 5) is 10.5. The molecule has 0 bridgehead atoms. The van der Waals surface area contributed by atoms with Crippen LogP contribution in [0.3, 0.4) is 0 Å². The van der Waals surface area contributed by atoms with Gasteiger partial charge in [-0.1, -0.05) is 20.3 Å². The SMILES string of the molecule is CCC(C)CN(CC)c1cnc(C#N)cn1. The molecule has 1 unspecified atom stereocenters. The summed E-state index contributed by atoms with van der Waals surface area (Å²) >= 11 is 0. The molecular formula is C12H18N4. The van der Waals surface area contributed by atoms with E-state index in [1.807, 2.05) is 6.07 Å². The van der Waals surface area contributed by atoms with E-state index < -0.39 is 0 Å². The number of hydrogen-bond donors (Lipinski definition) is 0. The van der Waals surface area contributed by atoms with Gasteiger partial charge in [-0.3, -0.25) is 0 Å². The van der Waals surface area contributed by atoms with Gasteiger partial charge in [0.15, 0.2) is 5.69 Å². The molecule has 0 aliphatic heterocycles. The van der Waals surface area contributed by atoms with Crippen molar-refractivity contribution >= 4 is 5.82 Å². The van der Waals surface area contributed by atoms with Gasteiger partial charge in [-0.25, -0.2) is 9.97 Å². The molecule has 4 heteroatoms. The van der Waals surface area contributed by atoms with E-state index in [0.717, 1.165) is 25.3 Å². The van der Waals surface area contributed by atoms with Crippen molar-refractivity contribution in [1.29, 1.82) is 5.26 Å². The Hall–Kier alpha value is -1.63. The van der Waals surface area contributed by atoms with Crippen molar-refractivity contribution in [3.8, 4) is 6.07 Å². The first-order valence-electron chi connectivity index (χ1n) is 5.68. The van der Waals surface area contributed by atoms with Crippen LogP contribution >= 0.6 is 0 Å². The minimum Gasteiger partial charge on any atom is -0.355 e. The first kappa shape index (κ1) is 12.4. The topological polar surface area (TPSA) is 52.8 Å². The summed E-state index contributed by atoms with van der Waals surface area (Å²) in [5.41, 5.74) is 0.364. The van der Waals surface area contributed by atoms with E-state index in [0.29, 0.717) is 11.6 Å². The lowest BCUT2D eigenvalue weighted by Crippen LogP contribution is -2.28. The molecule has 0 aliphatic rings. The Labute approximate surface area is 96.9 Å². The molecule has 0 saturated carbocycles. The third-order valence-electron chi connectivity index (χ3n) is 2.69. The molecule has 1 rings (SSSR count). The third-order valence-corrected chi connectivity index (χ3v) is 2.69. The lowest BCUT2D eigenvalue weighted by Gasteiger charge is -2.24. The van der Waals surface area contributed by atoms with Gasteiger partial charge < -0.3 is 4.90 Å². The van der Waals surface area contributed by atoms with Crippen molar-refractivity contribution < 1.29 is 0 Å². The van der Waals surface area contributed by atoms with Crippen molar-refractivity contribution in [3.63, 3.8) is 0 Å². The van der Waals surface area contributed by atoms with E-state index in [1.54, 1.807) is 6.20 Å². The van der Waals surface area contributed by atoms with Crippen LogP contribution in [0.15, 0.2) is 12.4 Å². The number of anilines is 1. The molecule has 0 amide bonds. The van der Waals surface area contributed by atoms with E-state index in [2.05, 4.69) is 35.6 Å². The molecular weight excluding hydrogens is 200 g/mol. The Bertz CT molecular complexity index is 352. The average Bonchev–Trinajstić information content (AvgIpc) is 2.35. The number of nitrogens with zero attached hydrogens (tertiary/aromatic N) is 4. The van der Waals surface area contributed by atoms with E-state index in [1.165, 1.54) is 6.20 Å². The molecule has 1 aromatic rings. The number of aromatic nitrogens is 2. The molecule has 0 saturated heterocycles. The highest BCUT2D eigenvalue weighted by Crippen LogP contribution is 2.12. The van der Waals surface area contributed by atoms with Crippen LogP contribution in [-0.2, 0) is 0 Å². The molecule has 0 spiro atoms. The van der Waals surface area contributed by atoms with Crippen LogP contribution < -0.4 is 4.90 Å². The van der Waals surface area contributed by atoms with Gasteiger partial charge in [0, 0.05) is 13.1 Å². The molecule has 0 fully saturated rings. The van der Waals surface area contributed by atoms with Gasteiger partial charge in [0.2, 0.25) is 0 Å². The maximum absolute atomic E-state index is 8.64. The van der Waals surface area contributed by atoms with E-state index in [-0.39, 0.29) is 0 Å². The van der Waals surface area contributed by atoms with Gasteiger partial charge in [-0.2, -0.15) is 5.26 Å². The predicted molar refractivity (Wildman–Crippen MR) is 64.1 cm³/mol. The first-order chi connectivity index (χ1) is 7.71. The average molecular weight is 218 g/mol. The monoisotopic (exact) mass is 218 g/mol. The second kappa shape index (κ2) is 6.06. The van der Waals surface area contributed by atoms with Gasteiger partial charge in [0.25, 0.3) is 0 Å². The molecule has 0 aromatic carbocycles. The summed E-state index contributed by atoms with van der Waals surface area (Å²) in [6.45, 7) is 8.39. The summed E-state index contributed by atoms with van der Waals surface area (Å²) < 4.78 is 0. The van der Waals surface area contributed by atoms with Crippen LogP contribution in [0.25, 0.3) is 0 Å². The maximum atomic E-state index is 8.64. The fourth-order valence-electron chi connectivity index (χ4n) is 1.43. The zero-order chi connectivity index (χ0) is 12.0. The zero-order valence-corrected chi connectivity index (χ0v) is 10.1. The molecule has 1 atom stereocenters. The number of nitriles is 1. The van der Waals surface area contributed by atoms with Gasteiger partial charge in [-0.15, -0.1) is 0 Å². The molecule has 0 aliphatic carbocycles. The summed E-state index contributed by atoms with van der Waals surface area (Å²) in [5.74, 6) is 1.49. The summed E-state index contributed by atoms with van der Waals surface area (Å²) in [6.07, 6.45) is 4.35. The van der Waals surface area contributed by atoms with Gasteiger partial charge in [0.05, 0.1) is 12.4 Å². The lowest BCUT2D eigenvalue weighted by molar-refractivity contribution is 0.545. The zero-order valence-electron chi connectivity index (χ0n) is 10.1.